The number of nitrogens with zero attached hydrogens (tertiary/aromatic N) is 3. The van der Waals surface area contributed by atoms with Crippen LogP contribution in [0.2, 0.25) is 0 Å². The molecular formula is C20H24N4O3. The lowest BCUT2D eigenvalue weighted by Gasteiger charge is -2.44. The molecule has 7 nitrogen and oxygen atoms in total. The van der Waals surface area contributed by atoms with Crippen LogP contribution in [0.5, 0.6) is 0 Å². The molecule has 1 N–H and O–H groups in total. The number of piperidine rings is 1. The van der Waals surface area contributed by atoms with Crippen LogP contribution >= 0.6 is 0 Å². The molecule has 2 unspecified atom stereocenters. The molecule has 0 spiro atoms. The van der Waals surface area contributed by atoms with Gasteiger partial charge in [-0.15, -0.1) is 0 Å². The summed E-state index contributed by atoms with van der Waals surface area (Å²) in [7, 11) is 0. The summed E-state index contributed by atoms with van der Waals surface area (Å²) in [6.07, 6.45) is 10.3. The maximum atomic E-state index is 13.2. The van der Waals surface area contributed by atoms with E-state index in [0.29, 0.717) is 28.6 Å². The SMILES string of the molecule is O=C(c1cnc2c(c1)c(=O)[nH]c(=O)n2C1CC1)N1CCCC2CCCCC21. The van der Waals surface area contributed by atoms with Gasteiger partial charge in [-0.05, 0) is 50.5 Å². The number of fused-ring (bicyclic) bond motifs is 2. The number of rotatable bonds is 2. The third kappa shape index (κ3) is 2.80. The van der Waals surface area contributed by atoms with Crippen molar-refractivity contribution in [2.75, 3.05) is 6.54 Å². The highest BCUT2D eigenvalue weighted by molar-refractivity contribution is 5.97. The topological polar surface area (TPSA) is 88.1 Å². The lowest BCUT2D eigenvalue weighted by molar-refractivity contribution is 0.0390. The van der Waals surface area contributed by atoms with Crippen LogP contribution in [0.4, 0.5) is 0 Å². The molecule has 1 saturated heterocycles. The number of hydrogen-bond acceptors (Lipinski definition) is 4. The molecule has 2 aromatic heterocycles. The van der Waals surface area contributed by atoms with Gasteiger partial charge >= 0.3 is 5.69 Å². The first-order chi connectivity index (χ1) is 13.1. The summed E-state index contributed by atoms with van der Waals surface area (Å²) >= 11 is 0. The summed E-state index contributed by atoms with van der Waals surface area (Å²) in [4.78, 5) is 46.5. The Kier molecular flexibility index (Phi) is 3.91. The lowest BCUT2D eigenvalue weighted by Crippen LogP contribution is -2.49. The van der Waals surface area contributed by atoms with Crippen molar-refractivity contribution in [2.45, 2.75) is 63.5 Å². The molecule has 2 saturated carbocycles. The average Bonchev–Trinajstić information content (AvgIpc) is 3.52. The Bertz CT molecular complexity index is 1020. The summed E-state index contributed by atoms with van der Waals surface area (Å²) in [5.74, 6) is 0.567. The fraction of sp³-hybridized carbons (Fsp3) is 0.600. The quantitative estimate of drug-likeness (QED) is 0.880. The van der Waals surface area contributed by atoms with Crippen LogP contribution < -0.4 is 11.2 Å². The number of nitrogens with one attached hydrogen (secondary N) is 1. The van der Waals surface area contributed by atoms with Crippen molar-refractivity contribution < 1.29 is 4.79 Å². The molecule has 0 bridgehead atoms. The van der Waals surface area contributed by atoms with E-state index < -0.39 is 11.2 Å². The summed E-state index contributed by atoms with van der Waals surface area (Å²) < 4.78 is 1.56. The monoisotopic (exact) mass is 368 g/mol. The standard InChI is InChI=1S/C20H24N4O3/c25-18-15-10-13(11-21-17(15)24(14-7-8-14)20(27)22-18)19(26)23-9-3-5-12-4-1-2-6-16(12)23/h10-12,14,16H,1-9H2,(H,22,25,27). The highest BCUT2D eigenvalue weighted by Crippen LogP contribution is 2.36. The molecule has 1 amide bonds. The summed E-state index contributed by atoms with van der Waals surface area (Å²) in [5, 5.41) is 0.324. The van der Waals surface area contributed by atoms with Gasteiger partial charge in [0, 0.05) is 24.8 Å². The largest absolute Gasteiger partial charge is 0.335 e. The Morgan fingerprint density at radius 1 is 1.07 bits per heavy atom. The second-order valence-corrected chi connectivity index (χ2v) is 8.21. The Balaban J connectivity index is 1.54. The molecular weight excluding hydrogens is 344 g/mol. The molecule has 5 rings (SSSR count). The third-order valence-electron chi connectivity index (χ3n) is 6.44. The molecule has 2 atom stereocenters. The van der Waals surface area contributed by atoms with Gasteiger partial charge in [-0.1, -0.05) is 12.8 Å². The molecule has 142 valence electrons. The molecule has 3 fully saturated rings. The van der Waals surface area contributed by atoms with Crippen molar-refractivity contribution in [3.05, 3.63) is 38.7 Å². The first kappa shape index (κ1) is 16.7. The minimum absolute atomic E-state index is 0.0374. The maximum Gasteiger partial charge on any atom is 0.330 e. The second-order valence-electron chi connectivity index (χ2n) is 8.21. The first-order valence-electron chi connectivity index (χ1n) is 10.1. The third-order valence-corrected chi connectivity index (χ3v) is 6.44. The number of hydrogen-bond donors (Lipinski definition) is 1. The van der Waals surface area contributed by atoms with E-state index in [-0.39, 0.29) is 11.9 Å². The Labute approximate surface area is 156 Å². The molecule has 1 aliphatic heterocycles. The van der Waals surface area contributed by atoms with E-state index in [1.165, 1.54) is 31.9 Å². The van der Waals surface area contributed by atoms with Gasteiger partial charge in [0.15, 0.2) is 0 Å². The van der Waals surface area contributed by atoms with Gasteiger partial charge in [-0.25, -0.2) is 9.78 Å². The number of carbonyl (C=O) groups is 1. The normalized spacial score (nSPS) is 25.4. The van der Waals surface area contributed by atoms with Crippen LogP contribution in [0.1, 0.15) is 67.8 Å². The van der Waals surface area contributed by atoms with Gasteiger partial charge in [0.2, 0.25) is 0 Å². The number of likely N-dealkylation sites (tertiary alicyclic amines) is 1. The van der Waals surface area contributed by atoms with Crippen molar-refractivity contribution >= 4 is 16.9 Å². The van der Waals surface area contributed by atoms with Crippen LogP contribution in [-0.4, -0.2) is 37.9 Å². The molecule has 3 aliphatic rings. The number of aromatic nitrogens is 3. The molecule has 2 aliphatic carbocycles. The number of pyridine rings is 1. The molecule has 3 heterocycles. The Morgan fingerprint density at radius 3 is 2.67 bits per heavy atom. The van der Waals surface area contributed by atoms with Gasteiger partial charge in [-0.3, -0.25) is 19.1 Å². The maximum absolute atomic E-state index is 13.2. The zero-order chi connectivity index (χ0) is 18.5. The van der Waals surface area contributed by atoms with E-state index in [0.717, 1.165) is 32.2 Å². The number of carbonyl (C=O) groups excluding carboxylic acids is 1. The van der Waals surface area contributed by atoms with E-state index >= 15 is 0 Å². The van der Waals surface area contributed by atoms with E-state index in [1.54, 1.807) is 10.6 Å². The van der Waals surface area contributed by atoms with E-state index in [9.17, 15) is 14.4 Å². The van der Waals surface area contributed by atoms with E-state index in [1.807, 2.05) is 4.90 Å². The smallest absolute Gasteiger partial charge is 0.330 e. The Morgan fingerprint density at radius 2 is 1.85 bits per heavy atom. The van der Waals surface area contributed by atoms with Crippen molar-refractivity contribution in [1.82, 2.24) is 19.4 Å². The lowest BCUT2D eigenvalue weighted by atomic mass is 9.78. The summed E-state index contributed by atoms with van der Waals surface area (Å²) in [5.41, 5.74) is -0.0527. The molecule has 2 aromatic rings. The summed E-state index contributed by atoms with van der Waals surface area (Å²) in [6.45, 7) is 0.774. The molecule has 0 radical (unpaired) electrons. The number of H-pyrrole nitrogens is 1. The fourth-order valence-corrected chi connectivity index (χ4v) is 4.97. The second kappa shape index (κ2) is 6.32. The fourth-order valence-electron chi connectivity index (χ4n) is 4.97. The van der Waals surface area contributed by atoms with Crippen molar-refractivity contribution in [3.8, 4) is 0 Å². The van der Waals surface area contributed by atoms with Gasteiger partial charge in [0.05, 0.1) is 10.9 Å². The zero-order valence-corrected chi connectivity index (χ0v) is 15.3. The molecule has 0 aromatic carbocycles. The van der Waals surface area contributed by atoms with Crippen LogP contribution in [0.25, 0.3) is 11.0 Å². The zero-order valence-electron chi connectivity index (χ0n) is 15.3. The van der Waals surface area contributed by atoms with Gasteiger partial charge in [0.25, 0.3) is 11.5 Å². The summed E-state index contributed by atoms with van der Waals surface area (Å²) in [6, 6.07) is 2.04. The molecule has 7 heteroatoms. The average molecular weight is 368 g/mol. The van der Waals surface area contributed by atoms with Crippen LogP contribution in [0, 0.1) is 5.92 Å². The van der Waals surface area contributed by atoms with Crippen molar-refractivity contribution in [3.63, 3.8) is 0 Å². The highest BCUT2D eigenvalue weighted by atomic mass is 16.2. The predicted molar refractivity (Wildman–Crippen MR) is 101 cm³/mol. The highest BCUT2D eigenvalue weighted by Gasteiger charge is 2.36. The van der Waals surface area contributed by atoms with Gasteiger partial charge in [0.1, 0.15) is 5.65 Å². The van der Waals surface area contributed by atoms with Crippen molar-refractivity contribution in [1.29, 1.82) is 0 Å². The minimum atomic E-state index is -0.469. The van der Waals surface area contributed by atoms with E-state index in [2.05, 4.69) is 9.97 Å². The van der Waals surface area contributed by atoms with Gasteiger partial charge in [-0.2, -0.15) is 0 Å². The van der Waals surface area contributed by atoms with Crippen LogP contribution in [0.15, 0.2) is 21.9 Å². The van der Waals surface area contributed by atoms with Crippen molar-refractivity contribution in [2.24, 2.45) is 5.92 Å². The predicted octanol–water partition coefficient (Wildman–Crippen LogP) is 2.21. The van der Waals surface area contributed by atoms with E-state index in [4.69, 9.17) is 0 Å². The Hall–Kier alpha value is -2.44. The minimum Gasteiger partial charge on any atom is -0.335 e. The van der Waals surface area contributed by atoms with Crippen LogP contribution in [-0.2, 0) is 0 Å². The van der Waals surface area contributed by atoms with Gasteiger partial charge < -0.3 is 4.90 Å². The molecule has 27 heavy (non-hydrogen) atoms. The number of aromatic amines is 1. The van der Waals surface area contributed by atoms with Crippen LogP contribution in [0.3, 0.4) is 0 Å². The first-order valence-corrected chi connectivity index (χ1v) is 10.1. The number of amides is 1.